The van der Waals surface area contributed by atoms with E-state index in [1.54, 1.807) is 17.0 Å². The quantitative estimate of drug-likeness (QED) is 0.423. The van der Waals surface area contributed by atoms with E-state index >= 15 is 0 Å². The van der Waals surface area contributed by atoms with Gasteiger partial charge in [-0.1, -0.05) is 12.1 Å². The average Bonchev–Trinajstić information content (AvgIpc) is 3.51. The number of nitrogens with zero attached hydrogens (tertiary/aromatic N) is 3. The Balaban J connectivity index is 0.00000405. The van der Waals surface area contributed by atoms with Gasteiger partial charge in [0.05, 0.1) is 17.2 Å². The van der Waals surface area contributed by atoms with E-state index in [9.17, 15) is 40.3 Å². The second-order valence-corrected chi connectivity index (χ2v) is 11.0. The Morgan fingerprint density at radius 3 is 1.95 bits per heavy atom. The topological polar surface area (TPSA) is 69.9 Å². The van der Waals surface area contributed by atoms with Crippen molar-refractivity contribution in [2.75, 3.05) is 31.1 Å². The van der Waals surface area contributed by atoms with E-state index in [0.717, 1.165) is 4.90 Å². The van der Waals surface area contributed by atoms with Crippen molar-refractivity contribution in [3.8, 4) is 0 Å². The van der Waals surface area contributed by atoms with Crippen LogP contribution >= 0.6 is 12.4 Å². The lowest BCUT2D eigenvalue weighted by atomic mass is 9.85. The molecule has 14 heteroatoms. The van der Waals surface area contributed by atoms with Crippen LogP contribution in [-0.4, -0.2) is 60.0 Å². The number of rotatable bonds is 4. The molecular formula is C28H30ClF7N4O2. The maximum atomic E-state index is 13.7. The molecule has 2 aromatic carbocycles. The zero-order valence-electron chi connectivity index (χ0n) is 22.3. The normalized spacial score (nSPS) is 25.1. The third kappa shape index (κ3) is 6.46. The van der Waals surface area contributed by atoms with Crippen LogP contribution in [0.1, 0.15) is 48.3 Å². The summed E-state index contributed by atoms with van der Waals surface area (Å²) in [7, 11) is 0. The molecule has 230 valence electrons. The summed E-state index contributed by atoms with van der Waals surface area (Å²) in [6.45, 7) is 0.264. The van der Waals surface area contributed by atoms with Crippen LogP contribution in [0.15, 0.2) is 42.5 Å². The first-order valence-electron chi connectivity index (χ1n) is 13.4. The molecule has 0 radical (unpaired) electrons. The van der Waals surface area contributed by atoms with Gasteiger partial charge in [-0.15, -0.1) is 12.4 Å². The first kappa shape index (κ1) is 31.9. The lowest BCUT2D eigenvalue weighted by Crippen LogP contribution is -2.44. The number of nitrogens with two attached hydrogens (primary N) is 1. The van der Waals surface area contributed by atoms with Gasteiger partial charge in [-0.3, -0.25) is 9.69 Å². The van der Waals surface area contributed by atoms with Gasteiger partial charge in [0.25, 0.3) is 0 Å². The van der Waals surface area contributed by atoms with Crippen LogP contribution in [0.25, 0.3) is 0 Å². The third-order valence-electron chi connectivity index (χ3n) is 8.35. The van der Waals surface area contributed by atoms with Crippen LogP contribution in [0.2, 0.25) is 0 Å². The minimum atomic E-state index is -5.05. The molecule has 42 heavy (non-hydrogen) atoms. The molecule has 1 saturated carbocycles. The second-order valence-electron chi connectivity index (χ2n) is 11.0. The van der Waals surface area contributed by atoms with E-state index in [1.807, 2.05) is 0 Å². The Morgan fingerprint density at radius 1 is 0.833 bits per heavy atom. The molecule has 2 aromatic rings. The maximum Gasteiger partial charge on any atom is 0.416 e. The molecule has 0 bridgehead atoms. The van der Waals surface area contributed by atoms with E-state index < -0.39 is 53.0 Å². The van der Waals surface area contributed by atoms with Gasteiger partial charge in [0.1, 0.15) is 5.82 Å². The summed E-state index contributed by atoms with van der Waals surface area (Å²) in [5, 5.41) is 0. The largest absolute Gasteiger partial charge is 0.416 e. The van der Waals surface area contributed by atoms with Crippen molar-refractivity contribution in [2.45, 2.75) is 56.0 Å². The number of carbonyl (C=O) groups excluding carboxylic acids is 2. The molecule has 0 unspecified atom stereocenters. The predicted octanol–water partition coefficient (Wildman–Crippen LogP) is 6.04. The van der Waals surface area contributed by atoms with Gasteiger partial charge in [-0.05, 0) is 61.6 Å². The molecule has 5 rings (SSSR count). The molecule has 2 N–H and O–H groups in total. The third-order valence-corrected chi connectivity index (χ3v) is 8.35. The van der Waals surface area contributed by atoms with E-state index in [0.29, 0.717) is 43.4 Å². The first-order valence-corrected chi connectivity index (χ1v) is 13.4. The van der Waals surface area contributed by atoms with Crippen LogP contribution in [0.4, 0.5) is 41.2 Å². The fourth-order valence-corrected chi connectivity index (χ4v) is 6.14. The van der Waals surface area contributed by atoms with Gasteiger partial charge in [0.2, 0.25) is 5.91 Å². The van der Waals surface area contributed by atoms with E-state index in [4.69, 9.17) is 5.73 Å². The number of amides is 3. The molecule has 0 spiro atoms. The monoisotopic (exact) mass is 622 g/mol. The van der Waals surface area contributed by atoms with Gasteiger partial charge in [-0.2, -0.15) is 26.3 Å². The summed E-state index contributed by atoms with van der Waals surface area (Å²) in [5.74, 6) is -1.20. The number of halogens is 8. The fraction of sp³-hybridized carbons (Fsp3) is 0.500. The first-order chi connectivity index (χ1) is 19.2. The molecule has 1 aliphatic carbocycles. The molecule has 2 saturated heterocycles. The highest BCUT2D eigenvalue weighted by atomic mass is 35.5. The zero-order valence-corrected chi connectivity index (χ0v) is 23.1. The summed E-state index contributed by atoms with van der Waals surface area (Å²) >= 11 is 0. The number of alkyl halides is 6. The minimum Gasteiger partial charge on any atom is -0.340 e. The average molecular weight is 623 g/mol. The molecule has 3 aliphatic rings. The van der Waals surface area contributed by atoms with Crippen molar-refractivity contribution >= 4 is 30.0 Å². The molecule has 3 fully saturated rings. The van der Waals surface area contributed by atoms with Crippen molar-refractivity contribution in [1.82, 2.24) is 9.80 Å². The highest BCUT2D eigenvalue weighted by molar-refractivity contribution is 5.95. The Morgan fingerprint density at radius 2 is 1.40 bits per heavy atom. The lowest BCUT2D eigenvalue weighted by Gasteiger charge is -2.30. The van der Waals surface area contributed by atoms with Crippen LogP contribution in [0, 0.1) is 11.7 Å². The lowest BCUT2D eigenvalue weighted by molar-refractivity contribution is -0.143. The summed E-state index contributed by atoms with van der Waals surface area (Å²) in [5.41, 5.74) is 3.11. The van der Waals surface area contributed by atoms with Crippen molar-refractivity contribution in [3.63, 3.8) is 0 Å². The van der Waals surface area contributed by atoms with Crippen molar-refractivity contribution < 1.29 is 40.3 Å². The SMILES string of the molecule is Cl.N[C@H]1CC[C@H](C(=O)N2C[C@@H](N3CCN(c4cc(C(F)(F)F)cc(C(F)(F)F)c4)C3=O)[C@H](c3ccc(F)cc3)C2)CC1. The van der Waals surface area contributed by atoms with Crippen molar-refractivity contribution in [2.24, 2.45) is 11.7 Å². The molecule has 2 atom stereocenters. The number of anilines is 1. The summed E-state index contributed by atoms with van der Waals surface area (Å²) in [6.07, 6.45) is -7.41. The highest BCUT2D eigenvalue weighted by Crippen LogP contribution is 2.41. The Hall–Kier alpha value is -3.06. The summed E-state index contributed by atoms with van der Waals surface area (Å²) < 4.78 is 94.4. The molecular weight excluding hydrogens is 593 g/mol. The molecule has 0 aromatic heterocycles. The number of hydrogen-bond acceptors (Lipinski definition) is 3. The number of carbonyl (C=O) groups is 2. The molecule has 2 aliphatic heterocycles. The second kappa shape index (κ2) is 11.9. The van der Waals surface area contributed by atoms with Crippen LogP contribution < -0.4 is 10.6 Å². The fourth-order valence-electron chi connectivity index (χ4n) is 6.14. The van der Waals surface area contributed by atoms with Crippen LogP contribution in [0.3, 0.4) is 0 Å². The maximum absolute atomic E-state index is 13.7. The number of hydrogen-bond donors (Lipinski definition) is 1. The predicted molar refractivity (Wildman–Crippen MR) is 143 cm³/mol. The molecule has 2 heterocycles. The molecule has 6 nitrogen and oxygen atoms in total. The highest BCUT2D eigenvalue weighted by Gasteiger charge is 2.46. The van der Waals surface area contributed by atoms with E-state index in [1.165, 1.54) is 17.0 Å². The van der Waals surface area contributed by atoms with Crippen LogP contribution in [-0.2, 0) is 17.1 Å². The number of benzene rings is 2. The summed E-state index contributed by atoms with van der Waals surface area (Å²) in [6, 6.07) is 5.40. The Labute approximate surface area is 244 Å². The van der Waals surface area contributed by atoms with E-state index in [-0.39, 0.29) is 62.5 Å². The van der Waals surface area contributed by atoms with Crippen molar-refractivity contribution in [3.05, 3.63) is 65.0 Å². The standard InChI is InChI=1S/C28H29F7N4O2.ClH/c29-20-5-1-16(2-6-20)23-14-37(25(40)17-3-7-21(36)8-4-17)15-24(23)39-10-9-38(26(39)41)22-12-18(27(30,31)32)11-19(13-22)28(33,34)35;/h1-2,5-6,11-13,17,21,23-24H,3-4,7-10,14-15,36H2;1H/t17-,21-,23-,24+;/m0./s1. The van der Waals surface area contributed by atoms with Crippen LogP contribution in [0.5, 0.6) is 0 Å². The van der Waals surface area contributed by atoms with Gasteiger partial charge in [0, 0.05) is 49.7 Å². The van der Waals surface area contributed by atoms with Crippen molar-refractivity contribution in [1.29, 1.82) is 0 Å². The van der Waals surface area contributed by atoms with E-state index in [2.05, 4.69) is 0 Å². The minimum absolute atomic E-state index is 0. The van der Waals surface area contributed by atoms with Gasteiger partial charge < -0.3 is 15.5 Å². The summed E-state index contributed by atoms with van der Waals surface area (Å²) in [4.78, 5) is 31.0. The zero-order chi connectivity index (χ0) is 29.7. The Bertz CT molecular complexity index is 1260. The van der Waals surface area contributed by atoms with Gasteiger partial charge >= 0.3 is 18.4 Å². The molecule has 3 amide bonds. The number of urea groups is 1. The smallest absolute Gasteiger partial charge is 0.340 e. The van der Waals surface area contributed by atoms with Gasteiger partial charge in [0.15, 0.2) is 0 Å². The van der Waals surface area contributed by atoms with Gasteiger partial charge in [-0.25, -0.2) is 9.18 Å². The number of likely N-dealkylation sites (tertiary alicyclic amines) is 1. The Kier molecular flexibility index (Phi) is 9.03.